The Bertz CT molecular complexity index is 1000. The molecule has 0 bridgehead atoms. The zero-order valence-electron chi connectivity index (χ0n) is 14.3. The molecule has 1 aromatic heterocycles. The van der Waals surface area contributed by atoms with Crippen molar-refractivity contribution in [3.8, 4) is 23.1 Å². The Morgan fingerprint density at radius 1 is 1.31 bits per heavy atom. The van der Waals surface area contributed by atoms with Crippen LogP contribution in [0.15, 0.2) is 54.0 Å². The molecule has 0 unspecified atom stereocenters. The third-order valence-electron chi connectivity index (χ3n) is 3.86. The maximum Gasteiger partial charge on any atom is 0.136 e. The molecule has 0 saturated heterocycles. The van der Waals surface area contributed by atoms with Gasteiger partial charge in [0, 0.05) is 27.9 Å². The fourth-order valence-electron chi connectivity index (χ4n) is 2.37. The number of benzene rings is 2. The fourth-order valence-corrected chi connectivity index (χ4v) is 3.34. The van der Waals surface area contributed by atoms with Gasteiger partial charge in [0.2, 0.25) is 0 Å². The molecule has 3 aromatic rings. The molecular weight excluding hydrogens is 366 g/mol. The van der Waals surface area contributed by atoms with E-state index in [9.17, 15) is 5.26 Å². The number of halogens is 1. The lowest BCUT2D eigenvalue weighted by molar-refractivity contribution is 0.415. The second kappa shape index (κ2) is 8.05. The van der Waals surface area contributed by atoms with Crippen LogP contribution >= 0.6 is 22.9 Å². The maximum absolute atomic E-state index is 9.51. The summed E-state index contributed by atoms with van der Waals surface area (Å²) in [5.74, 6) is 0.770. The van der Waals surface area contributed by atoms with Crippen molar-refractivity contribution < 1.29 is 4.74 Å². The van der Waals surface area contributed by atoms with E-state index in [0.717, 1.165) is 28.3 Å². The number of thiazole rings is 1. The molecule has 0 radical (unpaired) electrons. The molecule has 4 nitrogen and oxygen atoms in total. The number of ether oxygens (including phenoxy) is 1. The summed E-state index contributed by atoms with van der Waals surface area (Å²) in [5.41, 5.74) is 4.00. The van der Waals surface area contributed by atoms with Gasteiger partial charge in [0.1, 0.15) is 22.4 Å². The summed E-state index contributed by atoms with van der Waals surface area (Å²) in [6.45, 7) is 1.93. The molecule has 0 atom stereocenters. The Labute approximate surface area is 161 Å². The van der Waals surface area contributed by atoms with E-state index in [2.05, 4.69) is 16.4 Å². The second-order valence-electron chi connectivity index (χ2n) is 5.50. The highest BCUT2D eigenvalue weighted by molar-refractivity contribution is 7.11. The van der Waals surface area contributed by atoms with Crippen LogP contribution in [-0.2, 0) is 0 Å². The van der Waals surface area contributed by atoms with Gasteiger partial charge in [-0.05, 0) is 36.8 Å². The van der Waals surface area contributed by atoms with Gasteiger partial charge in [0.05, 0.1) is 12.8 Å². The van der Waals surface area contributed by atoms with Crippen molar-refractivity contribution >= 4 is 34.2 Å². The molecule has 0 spiro atoms. The molecule has 130 valence electrons. The number of nitrogens with one attached hydrogen (secondary N) is 1. The predicted octanol–water partition coefficient (Wildman–Crippen LogP) is 5.76. The Balaban J connectivity index is 1.86. The standard InChI is InChI=1S/C20H16ClN3OS/c1-13-17(21)7-4-8-18(13)23-11-15(10-22)20-24-19(12-26-20)14-5-3-6-16(9-14)25-2/h3-9,11-12,23H,1-2H3/b15-11-. The quantitative estimate of drug-likeness (QED) is 0.571. The first-order valence-electron chi connectivity index (χ1n) is 7.84. The Kier molecular flexibility index (Phi) is 5.57. The number of hydrogen-bond donors (Lipinski definition) is 1. The van der Waals surface area contributed by atoms with E-state index in [1.165, 1.54) is 11.3 Å². The van der Waals surface area contributed by atoms with Gasteiger partial charge in [0.15, 0.2) is 0 Å². The molecule has 26 heavy (non-hydrogen) atoms. The highest BCUT2D eigenvalue weighted by atomic mass is 35.5. The van der Waals surface area contributed by atoms with E-state index in [-0.39, 0.29) is 0 Å². The monoisotopic (exact) mass is 381 g/mol. The summed E-state index contributed by atoms with van der Waals surface area (Å²) in [6.07, 6.45) is 1.66. The minimum atomic E-state index is 0.462. The van der Waals surface area contributed by atoms with Gasteiger partial charge in [0.25, 0.3) is 0 Å². The molecule has 6 heteroatoms. The van der Waals surface area contributed by atoms with E-state index in [4.69, 9.17) is 16.3 Å². The number of methoxy groups -OCH3 is 1. The number of allylic oxidation sites excluding steroid dienone is 1. The lowest BCUT2D eigenvalue weighted by Gasteiger charge is -2.07. The number of aromatic nitrogens is 1. The van der Waals surface area contributed by atoms with Crippen LogP contribution < -0.4 is 10.1 Å². The van der Waals surface area contributed by atoms with Gasteiger partial charge in [-0.3, -0.25) is 0 Å². The zero-order chi connectivity index (χ0) is 18.5. The topological polar surface area (TPSA) is 57.9 Å². The van der Waals surface area contributed by atoms with E-state index >= 15 is 0 Å². The molecule has 0 saturated carbocycles. The van der Waals surface area contributed by atoms with Gasteiger partial charge in [-0.1, -0.05) is 29.8 Å². The molecule has 0 amide bonds. The van der Waals surface area contributed by atoms with Gasteiger partial charge < -0.3 is 10.1 Å². The van der Waals surface area contributed by atoms with Gasteiger partial charge in [-0.15, -0.1) is 11.3 Å². The molecule has 1 heterocycles. The minimum absolute atomic E-state index is 0.462. The lowest BCUT2D eigenvalue weighted by Crippen LogP contribution is -1.94. The maximum atomic E-state index is 9.51. The van der Waals surface area contributed by atoms with Gasteiger partial charge in [-0.2, -0.15) is 5.26 Å². The number of nitrogens with zero attached hydrogens (tertiary/aromatic N) is 2. The highest BCUT2D eigenvalue weighted by Gasteiger charge is 2.10. The summed E-state index contributed by atoms with van der Waals surface area (Å²) in [4.78, 5) is 4.59. The van der Waals surface area contributed by atoms with Crippen LogP contribution in [0.3, 0.4) is 0 Å². The van der Waals surface area contributed by atoms with Crippen molar-refractivity contribution in [3.63, 3.8) is 0 Å². The average Bonchev–Trinajstić information content (AvgIpc) is 3.15. The summed E-state index contributed by atoms with van der Waals surface area (Å²) in [7, 11) is 1.63. The first-order chi connectivity index (χ1) is 12.6. The van der Waals surface area contributed by atoms with Crippen LogP contribution in [0.1, 0.15) is 10.6 Å². The van der Waals surface area contributed by atoms with Crippen LogP contribution in [0.5, 0.6) is 5.75 Å². The van der Waals surface area contributed by atoms with E-state index in [1.807, 2.05) is 54.8 Å². The Hall–Kier alpha value is -2.81. The molecular formula is C20H16ClN3OS. The van der Waals surface area contributed by atoms with Crippen LogP contribution in [0.4, 0.5) is 5.69 Å². The van der Waals surface area contributed by atoms with Crippen molar-refractivity contribution in [3.05, 3.63) is 69.6 Å². The predicted molar refractivity (Wildman–Crippen MR) is 108 cm³/mol. The SMILES string of the molecule is COc1cccc(-c2csc(/C(C#N)=C\Nc3cccc(Cl)c3C)n2)c1. The van der Waals surface area contributed by atoms with Crippen molar-refractivity contribution in [2.24, 2.45) is 0 Å². The normalized spacial score (nSPS) is 11.1. The van der Waals surface area contributed by atoms with Crippen LogP contribution in [-0.4, -0.2) is 12.1 Å². The third kappa shape index (κ3) is 3.88. The van der Waals surface area contributed by atoms with Crippen molar-refractivity contribution in [1.29, 1.82) is 5.26 Å². The minimum Gasteiger partial charge on any atom is -0.497 e. The van der Waals surface area contributed by atoms with Crippen molar-refractivity contribution in [1.82, 2.24) is 4.98 Å². The summed E-state index contributed by atoms with van der Waals surface area (Å²) >= 11 is 7.55. The first-order valence-corrected chi connectivity index (χ1v) is 9.10. The number of nitriles is 1. The number of hydrogen-bond acceptors (Lipinski definition) is 5. The van der Waals surface area contributed by atoms with E-state index in [0.29, 0.717) is 15.6 Å². The van der Waals surface area contributed by atoms with E-state index in [1.54, 1.807) is 13.3 Å². The largest absolute Gasteiger partial charge is 0.497 e. The molecule has 0 aliphatic rings. The summed E-state index contributed by atoms with van der Waals surface area (Å²) < 4.78 is 5.25. The Morgan fingerprint density at radius 3 is 2.88 bits per heavy atom. The molecule has 0 aliphatic carbocycles. The Morgan fingerprint density at radius 2 is 2.12 bits per heavy atom. The zero-order valence-corrected chi connectivity index (χ0v) is 15.9. The summed E-state index contributed by atoms with van der Waals surface area (Å²) in [5, 5.41) is 15.9. The van der Waals surface area contributed by atoms with Crippen LogP contribution in [0.25, 0.3) is 16.8 Å². The summed E-state index contributed by atoms with van der Waals surface area (Å²) in [6, 6.07) is 15.5. The molecule has 1 N–H and O–H groups in total. The molecule has 3 rings (SSSR count). The average molecular weight is 382 g/mol. The van der Waals surface area contributed by atoms with Crippen molar-refractivity contribution in [2.45, 2.75) is 6.92 Å². The second-order valence-corrected chi connectivity index (χ2v) is 6.76. The van der Waals surface area contributed by atoms with E-state index < -0.39 is 0 Å². The van der Waals surface area contributed by atoms with Crippen LogP contribution in [0.2, 0.25) is 5.02 Å². The lowest BCUT2D eigenvalue weighted by atomic mass is 10.1. The number of rotatable bonds is 5. The molecule has 0 fully saturated rings. The highest BCUT2D eigenvalue weighted by Crippen LogP contribution is 2.29. The molecule has 2 aromatic carbocycles. The van der Waals surface area contributed by atoms with Gasteiger partial charge in [-0.25, -0.2) is 4.98 Å². The molecule has 0 aliphatic heterocycles. The third-order valence-corrected chi connectivity index (χ3v) is 5.15. The van der Waals surface area contributed by atoms with Crippen molar-refractivity contribution in [2.75, 3.05) is 12.4 Å². The first kappa shape index (κ1) is 18.0. The smallest absolute Gasteiger partial charge is 0.136 e. The van der Waals surface area contributed by atoms with Crippen LogP contribution in [0, 0.1) is 18.3 Å². The number of anilines is 1. The van der Waals surface area contributed by atoms with Gasteiger partial charge >= 0.3 is 0 Å². The fraction of sp³-hybridized carbons (Fsp3) is 0.100.